The van der Waals surface area contributed by atoms with Crippen molar-refractivity contribution < 1.29 is 17.9 Å². The molecular formula is C19H22F3N5O. The van der Waals surface area contributed by atoms with Crippen molar-refractivity contribution in [2.45, 2.75) is 38.4 Å². The largest absolute Gasteiger partial charge is 0.417 e. The van der Waals surface area contributed by atoms with E-state index in [0.717, 1.165) is 25.3 Å². The first-order chi connectivity index (χ1) is 13.4. The molecule has 1 atom stereocenters. The maximum absolute atomic E-state index is 13.6. The van der Waals surface area contributed by atoms with Gasteiger partial charge < -0.3 is 9.64 Å². The van der Waals surface area contributed by atoms with Crippen LogP contribution >= 0.6 is 0 Å². The van der Waals surface area contributed by atoms with Crippen LogP contribution in [0.4, 0.5) is 19.0 Å². The molecule has 28 heavy (non-hydrogen) atoms. The van der Waals surface area contributed by atoms with Crippen molar-refractivity contribution in [3.8, 4) is 17.3 Å². The third kappa shape index (κ3) is 3.97. The fourth-order valence-corrected chi connectivity index (χ4v) is 3.22. The fourth-order valence-electron chi connectivity index (χ4n) is 3.22. The molecule has 1 fully saturated rings. The number of rotatable bonds is 7. The Kier molecular flexibility index (Phi) is 5.89. The van der Waals surface area contributed by atoms with Gasteiger partial charge in [0, 0.05) is 38.6 Å². The molecule has 0 N–H and O–H groups in total. The van der Waals surface area contributed by atoms with Crippen LogP contribution in [-0.2, 0) is 10.9 Å². The van der Waals surface area contributed by atoms with E-state index in [1.165, 1.54) is 6.20 Å². The zero-order chi connectivity index (χ0) is 20.3. The number of alkyl halides is 3. The van der Waals surface area contributed by atoms with Gasteiger partial charge in [-0.05, 0) is 25.3 Å². The smallest absolute Gasteiger partial charge is 0.385 e. The van der Waals surface area contributed by atoms with Crippen molar-refractivity contribution in [2.75, 3.05) is 31.7 Å². The van der Waals surface area contributed by atoms with Gasteiger partial charge in [-0.3, -0.25) is 4.68 Å². The number of anilines is 1. The lowest BCUT2D eigenvalue weighted by Crippen LogP contribution is -2.38. The van der Waals surface area contributed by atoms with Crippen molar-refractivity contribution in [3.05, 3.63) is 29.6 Å². The summed E-state index contributed by atoms with van der Waals surface area (Å²) >= 11 is 0. The first-order valence-electron chi connectivity index (χ1n) is 9.19. The van der Waals surface area contributed by atoms with Gasteiger partial charge in [0.2, 0.25) is 0 Å². The average molecular weight is 393 g/mol. The third-order valence-corrected chi connectivity index (χ3v) is 4.97. The van der Waals surface area contributed by atoms with Crippen LogP contribution in [0.2, 0.25) is 0 Å². The Morgan fingerprint density at radius 3 is 2.64 bits per heavy atom. The quantitative estimate of drug-likeness (QED) is 0.710. The molecule has 0 aliphatic carbocycles. The predicted octanol–water partition coefficient (Wildman–Crippen LogP) is 4.03. The van der Waals surface area contributed by atoms with Crippen molar-refractivity contribution >= 4 is 5.82 Å². The second-order valence-electron chi connectivity index (χ2n) is 6.76. The van der Waals surface area contributed by atoms with Crippen molar-refractivity contribution in [1.29, 1.82) is 5.26 Å². The van der Waals surface area contributed by atoms with E-state index in [-0.39, 0.29) is 17.6 Å². The molecule has 0 bridgehead atoms. The highest BCUT2D eigenvalue weighted by atomic mass is 19.4. The van der Waals surface area contributed by atoms with Crippen LogP contribution in [0.5, 0.6) is 0 Å². The van der Waals surface area contributed by atoms with E-state index in [1.807, 2.05) is 6.92 Å². The van der Waals surface area contributed by atoms with Crippen LogP contribution in [-0.4, -0.2) is 41.6 Å². The number of pyridine rings is 1. The van der Waals surface area contributed by atoms with Crippen LogP contribution in [0, 0.1) is 11.3 Å². The highest BCUT2D eigenvalue weighted by Gasteiger charge is 2.37. The molecule has 0 saturated carbocycles. The molecular weight excluding hydrogens is 371 g/mol. The Morgan fingerprint density at radius 1 is 1.36 bits per heavy atom. The van der Waals surface area contributed by atoms with Crippen LogP contribution in [0.25, 0.3) is 11.3 Å². The van der Waals surface area contributed by atoms with E-state index < -0.39 is 17.3 Å². The molecule has 0 aromatic carbocycles. The van der Waals surface area contributed by atoms with E-state index in [2.05, 4.69) is 10.1 Å². The number of halogens is 3. The number of hydrogen-bond donors (Lipinski definition) is 0. The first kappa shape index (κ1) is 20.1. The van der Waals surface area contributed by atoms with Crippen LogP contribution in [0.15, 0.2) is 18.5 Å². The molecule has 1 aliphatic heterocycles. The third-order valence-electron chi connectivity index (χ3n) is 4.97. The Morgan fingerprint density at radius 2 is 2.11 bits per heavy atom. The minimum Gasteiger partial charge on any atom is -0.385 e. The van der Waals surface area contributed by atoms with Crippen LogP contribution in [0.3, 0.4) is 0 Å². The van der Waals surface area contributed by atoms with Crippen LogP contribution in [0.1, 0.15) is 43.4 Å². The lowest BCUT2D eigenvalue weighted by Gasteiger charge is -2.33. The second-order valence-corrected chi connectivity index (χ2v) is 6.76. The zero-order valence-corrected chi connectivity index (χ0v) is 15.8. The van der Waals surface area contributed by atoms with Gasteiger partial charge in [-0.1, -0.05) is 6.92 Å². The number of aromatic nitrogens is 3. The molecule has 0 radical (unpaired) electrons. The van der Waals surface area contributed by atoms with Gasteiger partial charge in [0.25, 0.3) is 0 Å². The zero-order valence-electron chi connectivity index (χ0n) is 15.8. The van der Waals surface area contributed by atoms with Crippen molar-refractivity contribution in [1.82, 2.24) is 14.8 Å². The standard InChI is InChI=1S/C19H22F3N5O/c1-3-14(5-8-28-2)27-12-13(11-24-27)17-9-16(19(20,21)22)15(10-23)18(25-17)26-6-4-7-26/h9,11-12,14H,3-8H2,1-2H3. The van der Waals surface area contributed by atoms with Gasteiger partial charge in [-0.25, -0.2) is 4.98 Å². The van der Waals surface area contributed by atoms with Gasteiger partial charge in [-0.2, -0.15) is 23.5 Å². The molecule has 3 rings (SSSR count). The summed E-state index contributed by atoms with van der Waals surface area (Å²) in [6, 6.07) is 2.73. The molecule has 6 nitrogen and oxygen atoms in total. The van der Waals surface area contributed by atoms with Crippen LogP contribution < -0.4 is 4.90 Å². The SMILES string of the molecule is CCC(CCOC)n1cc(-c2cc(C(F)(F)F)c(C#N)c(N3CCC3)n2)cn1. The summed E-state index contributed by atoms with van der Waals surface area (Å²) in [5, 5.41) is 13.7. The van der Waals surface area contributed by atoms with Gasteiger partial charge in [0.05, 0.1) is 23.5 Å². The molecule has 2 aromatic rings. The number of nitriles is 1. The molecule has 0 spiro atoms. The highest BCUT2D eigenvalue weighted by molar-refractivity contribution is 5.68. The maximum atomic E-state index is 13.6. The summed E-state index contributed by atoms with van der Waals surface area (Å²) in [4.78, 5) is 6.10. The molecule has 1 aliphatic rings. The van der Waals surface area contributed by atoms with Gasteiger partial charge in [-0.15, -0.1) is 0 Å². The van der Waals surface area contributed by atoms with Gasteiger partial charge in [0.15, 0.2) is 0 Å². The average Bonchev–Trinajstić information content (AvgIpc) is 3.09. The van der Waals surface area contributed by atoms with E-state index in [0.29, 0.717) is 25.3 Å². The maximum Gasteiger partial charge on any atom is 0.417 e. The first-order valence-corrected chi connectivity index (χ1v) is 9.19. The fraction of sp³-hybridized carbons (Fsp3) is 0.526. The summed E-state index contributed by atoms with van der Waals surface area (Å²) in [7, 11) is 1.62. The minimum atomic E-state index is -4.64. The molecule has 150 valence electrons. The lowest BCUT2D eigenvalue weighted by molar-refractivity contribution is -0.137. The molecule has 1 saturated heterocycles. The second kappa shape index (κ2) is 8.19. The topological polar surface area (TPSA) is 67.0 Å². The monoisotopic (exact) mass is 393 g/mol. The van der Waals surface area contributed by atoms with E-state index >= 15 is 0 Å². The summed E-state index contributed by atoms with van der Waals surface area (Å²) in [5.74, 6) is 0.0951. The predicted molar refractivity (Wildman–Crippen MR) is 97.8 cm³/mol. The summed E-state index contributed by atoms with van der Waals surface area (Å²) in [6.45, 7) is 3.78. The number of methoxy groups -OCH3 is 1. The highest BCUT2D eigenvalue weighted by Crippen LogP contribution is 2.38. The Hall–Kier alpha value is -2.60. The Labute approximate surface area is 161 Å². The van der Waals surface area contributed by atoms with Crippen molar-refractivity contribution in [3.63, 3.8) is 0 Å². The summed E-state index contributed by atoms with van der Waals surface area (Å²) < 4.78 is 47.6. The molecule has 1 unspecified atom stereocenters. The minimum absolute atomic E-state index is 0.0871. The normalized spacial score (nSPS) is 15.2. The number of ether oxygens (including phenoxy) is 1. The lowest BCUT2D eigenvalue weighted by atomic mass is 10.0. The molecule has 0 amide bonds. The van der Waals surface area contributed by atoms with Gasteiger partial charge in [0.1, 0.15) is 17.5 Å². The Balaban J connectivity index is 2.04. The number of nitrogens with zero attached hydrogens (tertiary/aromatic N) is 5. The van der Waals surface area contributed by atoms with E-state index in [4.69, 9.17) is 4.74 Å². The summed E-state index contributed by atoms with van der Waals surface area (Å²) in [6.07, 6.45) is 1.03. The Bertz CT molecular complexity index is 867. The van der Waals surface area contributed by atoms with Crippen molar-refractivity contribution in [2.24, 2.45) is 0 Å². The van der Waals surface area contributed by atoms with E-state index in [1.54, 1.807) is 29.0 Å². The molecule has 3 heterocycles. The molecule has 9 heteroatoms. The number of hydrogen-bond acceptors (Lipinski definition) is 5. The summed E-state index contributed by atoms with van der Waals surface area (Å²) in [5.41, 5.74) is -0.718. The van der Waals surface area contributed by atoms with E-state index in [9.17, 15) is 18.4 Å². The molecule has 2 aromatic heterocycles. The van der Waals surface area contributed by atoms with Gasteiger partial charge >= 0.3 is 6.18 Å².